The van der Waals surface area contributed by atoms with E-state index in [-0.39, 0.29) is 18.4 Å². The lowest BCUT2D eigenvalue weighted by Crippen LogP contribution is -2.43. The van der Waals surface area contributed by atoms with E-state index >= 15 is 0 Å². The zero-order valence-corrected chi connectivity index (χ0v) is 14.6. The molecule has 0 fully saturated rings. The van der Waals surface area contributed by atoms with Gasteiger partial charge in [0.1, 0.15) is 5.75 Å². The van der Waals surface area contributed by atoms with Crippen molar-refractivity contribution in [3.8, 4) is 5.75 Å². The largest absolute Gasteiger partial charge is 0.496 e. The van der Waals surface area contributed by atoms with E-state index in [1.807, 2.05) is 38.1 Å². The van der Waals surface area contributed by atoms with Crippen molar-refractivity contribution in [1.29, 1.82) is 0 Å². The predicted molar refractivity (Wildman–Crippen MR) is 89.6 cm³/mol. The summed E-state index contributed by atoms with van der Waals surface area (Å²) in [4.78, 5) is 23.9. The van der Waals surface area contributed by atoms with Crippen molar-refractivity contribution in [2.24, 2.45) is 11.8 Å². The third-order valence-electron chi connectivity index (χ3n) is 3.96. The predicted octanol–water partition coefficient (Wildman–Crippen LogP) is 2.84. The molecule has 1 rings (SSSR count). The van der Waals surface area contributed by atoms with Gasteiger partial charge in [0, 0.05) is 12.1 Å². The Balaban J connectivity index is 2.84. The lowest BCUT2D eigenvalue weighted by Gasteiger charge is -2.27. The zero-order chi connectivity index (χ0) is 17.6. The quantitative estimate of drug-likeness (QED) is 0.772. The summed E-state index contributed by atoms with van der Waals surface area (Å²) < 4.78 is 5.32. The first-order chi connectivity index (χ1) is 10.7. The first kappa shape index (κ1) is 19.0. The van der Waals surface area contributed by atoms with E-state index in [0.29, 0.717) is 12.2 Å². The number of aliphatic carboxylic acids is 1. The van der Waals surface area contributed by atoms with Crippen molar-refractivity contribution < 1.29 is 19.4 Å². The Kier molecular flexibility index (Phi) is 6.61. The van der Waals surface area contributed by atoms with Crippen LogP contribution in [0.4, 0.5) is 0 Å². The lowest BCUT2D eigenvalue weighted by molar-refractivity contribution is -0.142. The second kappa shape index (κ2) is 7.99. The number of hydrogen-bond donors (Lipinski definition) is 2. The smallest absolute Gasteiger partial charge is 0.308 e. The molecule has 0 aliphatic heterocycles. The van der Waals surface area contributed by atoms with Crippen LogP contribution in [0.2, 0.25) is 0 Å². The Hall–Kier alpha value is -2.04. The molecule has 5 heteroatoms. The minimum Gasteiger partial charge on any atom is -0.496 e. The molecule has 0 heterocycles. The average molecular weight is 321 g/mol. The summed E-state index contributed by atoms with van der Waals surface area (Å²) in [5.41, 5.74) is -0.0382. The van der Waals surface area contributed by atoms with Crippen LogP contribution in [0.5, 0.6) is 5.75 Å². The molecule has 2 N–H and O–H groups in total. The molecule has 1 atom stereocenters. The summed E-state index contributed by atoms with van der Waals surface area (Å²) in [5.74, 6) is -0.765. The number of rotatable bonds is 8. The van der Waals surface area contributed by atoms with Crippen LogP contribution < -0.4 is 10.1 Å². The van der Waals surface area contributed by atoms with E-state index < -0.39 is 17.3 Å². The Morgan fingerprint density at radius 3 is 2.39 bits per heavy atom. The molecule has 128 valence electrons. The fourth-order valence-electron chi connectivity index (χ4n) is 2.56. The fourth-order valence-corrected chi connectivity index (χ4v) is 2.56. The van der Waals surface area contributed by atoms with E-state index in [1.165, 1.54) is 0 Å². The van der Waals surface area contributed by atoms with Crippen LogP contribution in [0.1, 0.15) is 39.7 Å². The zero-order valence-electron chi connectivity index (χ0n) is 14.6. The fraction of sp³-hybridized carbons (Fsp3) is 0.556. The average Bonchev–Trinajstić information content (AvgIpc) is 2.50. The Morgan fingerprint density at radius 2 is 1.87 bits per heavy atom. The molecule has 5 nitrogen and oxygen atoms in total. The van der Waals surface area contributed by atoms with Crippen LogP contribution in [0.3, 0.4) is 0 Å². The monoisotopic (exact) mass is 321 g/mol. The van der Waals surface area contributed by atoms with Crippen molar-refractivity contribution in [3.63, 3.8) is 0 Å². The van der Waals surface area contributed by atoms with Gasteiger partial charge in [0.25, 0.3) is 0 Å². The van der Waals surface area contributed by atoms with Gasteiger partial charge in [0.2, 0.25) is 5.91 Å². The third-order valence-corrected chi connectivity index (χ3v) is 3.96. The number of carboxylic acids is 1. The molecule has 0 aliphatic carbocycles. The number of carbonyl (C=O) groups is 2. The van der Waals surface area contributed by atoms with Crippen LogP contribution in [0.25, 0.3) is 0 Å². The highest BCUT2D eigenvalue weighted by Crippen LogP contribution is 2.31. The SMILES string of the molecule is COc1ccccc1C(C)(C)C(=O)NCC(CC(C)C)C(=O)O. The minimum absolute atomic E-state index is 0.130. The Labute approximate surface area is 138 Å². The van der Waals surface area contributed by atoms with Gasteiger partial charge >= 0.3 is 5.97 Å². The molecular formula is C18H27NO4. The van der Waals surface area contributed by atoms with E-state index in [4.69, 9.17) is 4.74 Å². The Bertz CT molecular complexity index is 552. The topological polar surface area (TPSA) is 75.6 Å². The van der Waals surface area contributed by atoms with Gasteiger partial charge in [-0.05, 0) is 32.3 Å². The molecule has 0 aromatic heterocycles. The van der Waals surface area contributed by atoms with Gasteiger partial charge in [-0.2, -0.15) is 0 Å². The summed E-state index contributed by atoms with van der Waals surface area (Å²) in [6, 6.07) is 7.36. The van der Waals surface area contributed by atoms with Crippen molar-refractivity contribution in [1.82, 2.24) is 5.32 Å². The van der Waals surface area contributed by atoms with Gasteiger partial charge in [0.05, 0.1) is 18.4 Å². The summed E-state index contributed by atoms with van der Waals surface area (Å²) in [7, 11) is 1.57. The van der Waals surface area contributed by atoms with Crippen LogP contribution in [0.15, 0.2) is 24.3 Å². The maximum Gasteiger partial charge on any atom is 0.308 e. The second-order valence-corrected chi connectivity index (χ2v) is 6.70. The van der Waals surface area contributed by atoms with Crippen LogP contribution in [-0.4, -0.2) is 30.6 Å². The lowest BCUT2D eigenvalue weighted by atomic mass is 9.82. The molecule has 23 heavy (non-hydrogen) atoms. The summed E-state index contributed by atoms with van der Waals surface area (Å²) >= 11 is 0. The second-order valence-electron chi connectivity index (χ2n) is 6.70. The minimum atomic E-state index is -0.880. The number of benzene rings is 1. The molecular weight excluding hydrogens is 294 g/mol. The highest BCUT2D eigenvalue weighted by atomic mass is 16.5. The van der Waals surface area contributed by atoms with Crippen molar-refractivity contribution in [2.45, 2.75) is 39.5 Å². The van der Waals surface area contributed by atoms with E-state index in [0.717, 1.165) is 5.56 Å². The maximum absolute atomic E-state index is 12.6. The summed E-state index contributed by atoms with van der Waals surface area (Å²) in [6.45, 7) is 7.68. The molecule has 1 unspecified atom stereocenters. The van der Waals surface area contributed by atoms with Gasteiger partial charge in [-0.3, -0.25) is 9.59 Å². The molecule has 0 spiro atoms. The molecule has 0 aliphatic rings. The van der Waals surface area contributed by atoms with Gasteiger partial charge < -0.3 is 15.2 Å². The molecule has 0 bridgehead atoms. The van der Waals surface area contributed by atoms with Gasteiger partial charge in [-0.15, -0.1) is 0 Å². The summed E-state index contributed by atoms with van der Waals surface area (Å²) in [5, 5.41) is 12.0. The van der Waals surface area contributed by atoms with E-state index in [2.05, 4.69) is 5.32 Å². The van der Waals surface area contributed by atoms with E-state index in [1.54, 1.807) is 21.0 Å². The van der Waals surface area contributed by atoms with Gasteiger partial charge in [-0.25, -0.2) is 0 Å². The standard InChI is InChI=1S/C18H27NO4/c1-12(2)10-13(16(20)21)11-19-17(22)18(3,4)14-8-6-7-9-15(14)23-5/h6-9,12-13H,10-11H2,1-5H3,(H,19,22)(H,20,21). The number of amides is 1. The van der Waals surface area contributed by atoms with Crippen LogP contribution in [0, 0.1) is 11.8 Å². The van der Waals surface area contributed by atoms with E-state index in [9.17, 15) is 14.7 Å². The third kappa shape index (κ3) is 4.98. The number of para-hydroxylation sites is 1. The number of carboxylic acid groups (broad SMARTS) is 1. The Morgan fingerprint density at radius 1 is 1.26 bits per heavy atom. The number of carbonyl (C=O) groups excluding carboxylic acids is 1. The number of ether oxygens (including phenoxy) is 1. The number of methoxy groups -OCH3 is 1. The van der Waals surface area contributed by atoms with Crippen LogP contribution in [-0.2, 0) is 15.0 Å². The molecule has 1 amide bonds. The maximum atomic E-state index is 12.6. The highest BCUT2D eigenvalue weighted by Gasteiger charge is 2.33. The normalized spacial score (nSPS) is 12.8. The van der Waals surface area contributed by atoms with Crippen molar-refractivity contribution in [3.05, 3.63) is 29.8 Å². The molecule has 0 radical (unpaired) electrons. The molecule has 0 saturated carbocycles. The van der Waals surface area contributed by atoms with Crippen LogP contribution >= 0.6 is 0 Å². The number of hydrogen-bond acceptors (Lipinski definition) is 3. The van der Waals surface area contributed by atoms with Gasteiger partial charge in [0.15, 0.2) is 0 Å². The molecule has 1 aromatic carbocycles. The number of nitrogens with one attached hydrogen (secondary N) is 1. The van der Waals surface area contributed by atoms with Crippen molar-refractivity contribution >= 4 is 11.9 Å². The van der Waals surface area contributed by atoms with Crippen molar-refractivity contribution in [2.75, 3.05) is 13.7 Å². The first-order valence-corrected chi connectivity index (χ1v) is 7.84. The first-order valence-electron chi connectivity index (χ1n) is 7.84. The summed E-state index contributed by atoms with van der Waals surface area (Å²) in [6.07, 6.45) is 0.532. The highest BCUT2D eigenvalue weighted by molar-refractivity contribution is 5.88. The molecule has 0 saturated heterocycles. The van der Waals surface area contributed by atoms with Gasteiger partial charge in [-0.1, -0.05) is 32.0 Å². The molecule has 1 aromatic rings.